The Labute approximate surface area is 155 Å². The van der Waals surface area contributed by atoms with Crippen molar-refractivity contribution in [3.05, 3.63) is 58.6 Å². The van der Waals surface area contributed by atoms with Gasteiger partial charge in [-0.15, -0.1) is 0 Å². The first-order valence-electron chi connectivity index (χ1n) is 6.57. The fourth-order valence-corrected chi connectivity index (χ4v) is 2.31. The lowest BCUT2D eigenvalue weighted by Crippen LogP contribution is -2.46. The van der Waals surface area contributed by atoms with Gasteiger partial charge in [0.05, 0.1) is 0 Å². The molecule has 2 aromatic rings. The van der Waals surface area contributed by atoms with Crippen LogP contribution in [0.25, 0.3) is 0 Å². The van der Waals surface area contributed by atoms with E-state index in [1.54, 1.807) is 36.3 Å². The maximum Gasteiger partial charge on any atom is 0.192 e. The summed E-state index contributed by atoms with van der Waals surface area (Å²) < 4.78 is 0. The van der Waals surface area contributed by atoms with Crippen molar-refractivity contribution in [3.8, 4) is 0 Å². The van der Waals surface area contributed by atoms with Gasteiger partial charge in [0.15, 0.2) is 10.2 Å². The number of rotatable bonds is 2. The number of halogens is 2. The molecule has 0 spiro atoms. The molecule has 0 aromatic heterocycles. The molecule has 0 radical (unpaired) electrons. The first kappa shape index (κ1) is 17.7. The monoisotopic (exact) mass is 384 g/mol. The van der Waals surface area contributed by atoms with Crippen LogP contribution in [0.2, 0.25) is 10.0 Å². The minimum atomic E-state index is 0.412. The van der Waals surface area contributed by atoms with Crippen molar-refractivity contribution in [2.45, 2.75) is 0 Å². The summed E-state index contributed by atoms with van der Waals surface area (Å²) >= 11 is 22.2. The highest BCUT2D eigenvalue weighted by Gasteiger charge is 2.06. The Bertz CT molecular complexity index is 690. The van der Waals surface area contributed by atoms with Crippen LogP contribution in [0.5, 0.6) is 0 Å². The van der Waals surface area contributed by atoms with E-state index in [4.69, 9.17) is 47.6 Å². The van der Waals surface area contributed by atoms with Gasteiger partial charge in [0.1, 0.15) is 0 Å². The second kappa shape index (κ2) is 8.31. The van der Waals surface area contributed by atoms with Crippen LogP contribution in [-0.4, -0.2) is 22.3 Å². The van der Waals surface area contributed by atoms with Gasteiger partial charge in [-0.25, -0.2) is 0 Å². The molecule has 8 heteroatoms. The lowest BCUT2D eigenvalue weighted by atomic mass is 10.3. The van der Waals surface area contributed by atoms with Crippen molar-refractivity contribution in [3.63, 3.8) is 0 Å². The van der Waals surface area contributed by atoms with E-state index in [0.717, 1.165) is 11.4 Å². The van der Waals surface area contributed by atoms with Crippen LogP contribution in [0, 0.1) is 0 Å². The predicted octanol–water partition coefficient (Wildman–Crippen LogP) is 4.52. The standard InChI is InChI=1S/C15H14Cl2N4S2/c1-21(15(23)19-13-8-4-11(17)5-9-13)20-14(22)18-12-6-2-10(16)3-7-12/h2-9H,1H3,(H,19,23)(H2,18,20,22). The Balaban J connectivity index is 1.86. The molecule has 2 aromatic carbocycles. The Kier molecular flexibility index (Phi) is 6.41. The van der Waals surface area contributed by atoms with E-state index in [2.05, 4.69) is 16.1 Å². The predicted molar refractivity (Wildman–Crippen MR) is 106 cm³/mol. The zero-order chi connectivity index (χ0) is 16.8. The molecule has 0 heterocycles. The van der Waals surface area contributed by atoms with Gasteiger partial charge in [-0.2, -0.15) is 0 Å². The molecule has 0 aliphatic rings. The summed E-state index contributed by atoms with van der Waals surface area (Å²) in [5.41, 5.74) is 4.63. The average molecular weight is 385 g/mol. The summed E-state index contributed by atoms with van der Waals surface area (Å²) in [6, 6.07) is 14.5. The lowest BCUT2D eigenvalue weighted by molar-refractivity contribution is 0.467. The van der Waals surface area contributed by atoms with Crippen LogP contribution in [0.15, 0.2) is 48.5 Å². The number of hydrogen-bond acceptors (Lipinski definition) is 2. The van der Waals surface area contributed by atoms with Crippen LogP contribution < -0.4 is 16.1 Å². The van der Waals surface area contributed by atoms with Gasteiger partial charge in [0.2, 0.25) is 0 Å². The van der Waals surface area contributed by atoms with E-state index in [0.29, 0.717) is 20.3 Å². The van der Waals surface area contributed by atoms with E-state index in [1.165, 1.54) is 0 Å². The Hall–Kier alpha value is -1.60. The molecule has 120 valence electrons. The molecule has 0 bridgehead atoms. The maximum absolute atomic E-state index is 5.85. The molecule has 0 unspecified atom stereocenters. The SMILES string of the molecule is CN(NC(=S)Nc1ccc(Cl)cc1)C(=S)Nc1ccc(Cl)cc1. The van der Waals surface area contributed by atoms with Gasteiger partial charge in [-0.05, 0) is 73.0 Å². The summed E-state index contributed by atoms with van der Waals surface area (Å²) in [6.45, 7) is 0. The average Bonchev–Trinajstić information content (AvgIpc) is 2.51. The summed E-state index contributed by atoms with van der Waals surface area (Å²) in [5.74, 6) is 0. The fraction of sp³-hybridized carbons (Fsp3) is 0.0667. The van der Waals surface area contributed by atoms with Crippen molar-refractivity contribution >= 4 is 69.2 Å². The second-order valence-corrected chi connectivity index (χ2v) is 6.24. The molecular formula is C15H14Cl2N4S2. The Morgan fingerprint density at radius 1 is 0.826 bits per heavy atom. The quantitative estimate of drug-likeness (QED) is 0.522. The molecule has 0 amide bonds. The van der Waals surface area contributed by atoms with E-state index in [-0.39, 0.29) is 0 Å². The number of hydrazine groups is 1. The normalized spacial score (nSPS) is 9.87. The highest BCUT2D eigenvalue weighted by Crippen LogP contribution is 2.14. The van der Waals surface area contributed by atoms with Crippen molar-refractivity contribution in [2.24, 2.45) is 0 Å². The Morgan fingerprint density at radius 2 is 1.26 bits per heavy atom. The van der Waals surface area contributed by atoms with Gasteiger partial charge < -0.3 is 10.6 Å². The highest BCUT2D eigenvalue weighted by molar-refractivity contribution is 7.81. The summed E-state index contributed by atoms with van der Waals surface area (Å²) in [6.07, 6.45) is 0. The van der Waals surface area contributed by atoms with E-state index >= 15 is 0 Å². The highest BCUT2D eigenvalue weighted by atomic mass is 35.5. The van der Waals surface area contributed by atoms with Gasteiger partial charge in [-0.3, -0.25) is 10.4 Å². The fourth-order valence-electron chi connectivity index (χ4n) is 1.64. The van der Waals surface area contributed by atoms with Gasteiger partial charge in [-0.1, -0.05) is 23.2 Å². The number of hydrogen-bond donors (Lipinski definition) is 3. The van der Waals surface area contributed by atoms with Crippen molar-refractivity contribution in [1.82, 2.24) is 10.4 Å². The van der Waals surface area contributed by atoms with Crippen LogP contribution in [0.1, 0.15) is 0 Å². The third kappa shape index (κ3) is 5.84. The first-order chi connectivity index (χ1) is 10.9. The number of anilines is 2. The Morgan fingerprint density at radius 3 is 1.74 bits per heavy atom. The minimum Gasteiger partial charge on any atom is -0.331 e. The smallest absolute Gasteiger partial charge is 0.192 e. The van der Waals surface area contributed by atoms with Crippen LogP contribution in [0.3, 0.4) is 0 Å². The molecule has 4 nitrogen and oxygen atoms in total. The van der Waals surface area contributed by atoms with E-state index in [1.807, 2.05) is 24.3 Å². The van der Waals surface area contributed by atoms with Crippen molar-refractivity contribution < 1.29 is 0 Å². The van der Waals surface area contributed by atoms with Crippen molar-refractivity contribution in [2.75, 3.05) is 17.7 Å². The number of thiocarbonyl (C=S) groups is 2. The first-order valence-corrected chi connectivity index (χ1v) is 8.15. The molecule has 0 fully saturated rings. The molecule has 3 N–H and O–H groups in total. The van der Waals surface area contributed by atoms with Crippen molar-refractivity contribution in [1.29, 1.82) is 0 Å². The molecule has 23 heavy (non-hydrogen) atoms. The lowest BCUT2D eigenvalue weighted by Gasteiger charge is -2.23. The van der Waals surface area contributed by atoms with E-state index in [9.17, 15) is 0 Å². The second-order valence-electron chi connectivity index (χ2n) is 4.57. The number of nitrogens with one attached hydrogen (secondary N) is 3. The maximum atomic E-state index is 5.85. The van der Waals surface area contributed by atoms with Gasteiger partial charge in [0.25, 0.3) is 0 Å². The largest absolute Gasteiger partial charge is 0.331 e. The molecule has 0 aliphatic carbocycles. The summed E-state index contributed by atoms with van der Waals surface area (Å²) in [4.78, 5) is 0. The summed E-state index contributed by atoms with van der Waals surface area (Å²) in [7, 11) is 1.76. The molecular weight excluding hydrogens is 371 g/mol. The zero-order valence-electron chi connectivity index (χ0n) is 12.1. The van der Waals surface area contributed by atoms with Gasteiger partial charge in [0, 0.05) is 28.5 Å². The van der Waals surface area contributed by atoms with Crippen LogP contribution in [-0.2, 0) is 0 Å². The molecule has 0 aliphatic heterocycles. The number of benzene rings is 2. The topological polar surface area (TPSA) is 39.3 Å². The summed E-state index contributed by atoms with van der Waals surface area (Å²) in [5, 5.41) is 9.94. The third-order valence-electron chi connectivity index (χ3n) is 2.77. The molecule has 0 saturated heterocycles. The van der Waals surface area contributed by atoms with Crippen LogP contribution >= 0.6 is 47.6 Å². The molecule has 0 atom stereocenters. The van der Waals surface area contributed by atoms with Crippen LogP contribution in [0.4, 0.5) is 11.4 Å². The molecule has 0 saturated carbocycles. The third-order valence-corrected chi connectivity index (χ3v) is 3.84. The minimum absolute atomic E-state index is 0.412. The van der Waals surface area contributed by atoms with E-state index < -0.39 is 0 Å². The molecule has 2 rings (SSSR count). The van der Waals surface area contributed by atoms with Gasteiger partial charge >= 0.3 is 0 Å². The number of nitrogens with zero attached hydrogens (tertiary/aromatic N) is 1. The zero-order valence-corrected chi connectivity index (χ0v) is 15.3.